The first-order valence-electron chi connectivity index (χ1n) is 7.43. The van der Waals surface area contributed by atoms with Crippen LogP contribution < -0.4 is 19.5 Å². The summed E-state index contributed by atoms with van der Waals surface area (Å²) in [6.45, 7) is 1.83. The topological polar surface area (TPSA) is 56.8 Å². The first-order chi connectivity index (χ1) is 11.6. The van der Waals surface area contributed by atoms with Gasteiger partial charge in [-0.1, -0.05) is 0 Å². The lowest BCUT2D eigenvalue weighted by Gasteiger charge is -2.10. The first kappa shape index (κ1) is 17.4. The van der Waals surface area contributed by atoms with Gasteiger partial charge < -0.3 is 19.5 Å². The van der Waals surface area contributed by atoms with E-state index in [-0.39, 0.29) is 5.78 Å². The maximum absolute atomic E-state index is 12.5. The van der Waals surface area contributed by atoms with Crippen molar-refractivity contribution >= 4 is 11.5 Å². The molecule has 5 nitrogen and oxygen atoms in total. The van der Waals surface area contributed by atoms with Gasteiger partial charge in [0.15, 0.2) is 5.78 Å². The first-order valence-corrected chi connectivity index (χ1v) is 7.43. The molecule has 2 aromatic rings. The molecular weight excluding hydrogens is 306 g/mol. The van der Waals surface area contributed by atoms with E-state index in [0.717, 1.165) is 17.1 Å². The predicted molar refractivity (Wildman–Crippen MR) is 94.3 cm³/mol. The predicted octanol–water partition coefficient (Wildman–Crippen LogP) is 3.91. The fourth-order valence-electron chi connectivity index (χ4n) is 2.22. The molecule has 0 aliphatic carbocycles. The molecule has 126 valence electrons. The van der Waals surface area contributed by atoms with Gasteiger partial charge in [-0.05, 0) is 49.4 Å². The third kappa shape index (κ3) is 4.29. The normalized spacial score (nSPS) is 10.9. The summed E-state index contributed by atoms with van der Waals surface area (Å²) in [6.07, 6.45) is 1.53. The Morgan fingerprint density at radius 1 is 0.917 bits per heavy atom. The van der Waals surface area contributed by atoms with Crippen molar-refractivity contribution in [1.29, 1.82) is 0 Å². The van der Waals surface area contributed by atoms with Crippen LogP contribution in [0.4, 0.5) is 5.69 Å². The Kier molecular flexibility index (Phi) is 5.84. The van der Waals surface area contributed by atoms with Gasteiger partial charge >= 0.3 is 0 Å². The fraction of sp³-hybridized carbons (Fsp3) is 0.211. The van der Waals surface area contributed by atoms with Gasteiger partial charge in [0.05, 0.1) is 26.9 Å². The number of allylic oxidation sites excluding steroid dienone is 2. The van der Waals surface area contributed by atoms with Crippen molar-refractivity contribution in [2.75, 3.05) is 26.6 Å². The summed E-state index contributed by atoms with van der Waals surface area (Å²) in [6, 6.07) is 12.6. The van der Waals surface area contributed by atoms with Crippen LogP contribution >= 0.6 is 0 Å². The molecule has 5 heteroatoms. The number of ether oxygens (including phenoxy) is 3. The van der Waals surface area contributed by atoms with Crippen LogP contribution in [0.25, 0.3) is 0 Å². The molecule has 0 saturated carbocycles. The van der Waals surface area contributed by atoms with Gasteiger partial charge in [0.1, 0.15) is 17.2 Å². The molecule has 0 heterocycles. The summed E-state index contributed by atoms with van der Waals surface area (Å²) < 4.78 is 15.5. The van der Waals surface area contributed by atoms with E-state index in [4.69, 9.17) is 14.2 Å². The van der Waals surface area contributed by atoms with Crippen LogP contribution in [-0.2, 0) is 0 Å². The van der Waals surface area contributed by atoms with Gasteiger partial charge in [-0.25, -0.2) is 0 Å². The van der Waals surface area contributed by atoms with Gasteiger partial charge in [0.2, 0.25) is 0 Å². The Morgan fingerprint density at radius 2 is 1.54 bits per heavy atom. The van der Waals surface area contributed by atoms with E-state index in [1.165, 1.54) is 13.2 Å². The molecule has 0 atom stereocenters. The highest BCUT2D eigenvalue weighted by Gasteiger charge is 2.12. The quantitative estimate of drug-likeness (QED) is 0.617. The van der Waals surface area contributed by atoms with Crippen molar-refractivity contribution in [1.82, 2.24) is 0 Å². The minimum absolute atomic E-state index is 0.163. The molecule has 0 aromatic heterocycles. The van der Waals surface area contributed by atoms with Gasteiger partial charge in [-0.15, -0.1) is 0 Å². The molecule has 24 heavy (non-hydrogen) atoms. The van der Waals surface area contributed by atoms with E-state index in [2.05, 4.69) is 5.32 Å². The third-order valence-corrected chi connectivity index (χ3v) is 3.45. The summed E-state index contributed by atoms with van der Waals surface area (Å²) in [4.78, 5) is 12.5. The molecule has 0 bridgehead atoms. The minimum Gasteiger partial charge on any atom is -0.497 e. The standard InChI is InChI=1S/C19H21NO4/c1-13(20-14-5-7-15(22-2)8-6-14)11-18(21)17-12-16(23-3)9-10-19(17)24-4/h5-12,20H,1-4H3/b13-11-. The molecular formula is C19H21NO4. The van der Waals surface area contributed by atoms with Crippen molar-refractivity contribution in [2.45, 2.75) is 6.92 Å². The van der Waals surface area contributed by atoms with Crippen LogP contribution in [0, 0.1) is 0 Å². The number of anilines is 1. The third-order valence-electron chi connectivity index (χ3n) is 3.45. The summed E-state index contributed by atoms with van der Waals surface area (Å²) >= 11 is 0. The van der Waals surface area contributed by atoms with E-state index in [1.807, 2.05) is 31.2 Å². The van der Waals surface area contributed by atoms with E-state index in [9.17, 15) is 4.79 Å². The van der Waals surface area contributed by atoms with Crippen molar-refractivity contribution < 1.29 is 19.0 Å². The molecule has 0 unspecified atom stereocenters. The number of hydrogen-bond donors (Lipinski definition) is 1. The molecule has 2 aromatic carbocycles. The molecule has 0 spiro atoms. The Balaban J connectivity index is 2.18. The van der Waals surface area contributed by atoms with Crippen molar-refractivity contribution in [3.63, 3.8) is 0 Å². The molecule has 0 aliphatic heterocycles. The molecule has 0 radical (unpaired) electrons. The summed E-state index contributed by atoms with van der Waals surface area (Å²) in [5.74, 6) is 1.73. The second kappa shape index (κ2) is 8.06. The largest absolute Gasteiger partial charge is 0.497 e. The van der Waals surface area contributed by atoms with Gasteiger partial charge in [-0.2, -0.15) is 0 Å². The van der Waals surface area contributed by atoms with E-state index < -0.39 is 0 Å². The average Bonchev–Trinajstić information content (AvgIpc) is 2.61. The van der Waals surface area contributed by atoms with Gasteiger partial charge in [-0.3, -0.25) is 4.79 Å². The second-order valence-corrected chi connectivity index (χ2v) is 5.11. The summed E-state index contributed by atoms with van der Waals surface area (Å²) in [5, 5.41) is 3.17. The van der Waals surface area contributed by atoms with Gasteiger partial charge in [0, 0.05) is 17.5 Å². The number of hydrogen-bond acceptors (Lipinski definition) is 5. The SMILES string of the molecule is COc1ccc(N/C(C)=C\C(=O)c2cc(OC)ccc2OC)cc1. The lowest BCUT2D eigenvalue weighted by atomic mass is 10.1. The highest BCUT2D eigenvalue weighted by molar-refractivity contribution is 6.07. The monoisotopic (exact) mass is 327 g/mol. The van der Waals surface area contributed by atoms with Crippen LogP contribution in [0.3, 0.4) is 0 Å². The zero-order chi connectivity index (χ0) is 17.5. The molecule has 0 amide bonds. The van der Waals surface area contributed by atoms with E-state index in [0.29, 0.717) is 17.1 Å². The van der Waals surface area contributed by atoms with Crippen LogP contribution in [0.2, 0.25) is 0 Å². The Bertz CT molecular complexity index is 736. The number of benzene rings is 2. The van der Waals surface area contributed by atoms with Crippen LogP contribution in [0.15, 0.2) is 54.2 Å². The summed E-state index contributed by atoms with van der Waals surface area (Å²) in [5.41, 5.74) is 2.04. The second-order valence-electron chi connectivity index (χ2n) is 5.11. The van der Waals surface area contributed by atoms with Crippen LogP contribution in [-0.4, -0.2) is 27.1 Å². The molecule has 2 rings (SSSR count). The molecule has 0 saturated heterocycles. The minimum atomic E-state index is -0.163. The van der Waals surface area contributed by atoms with Gasteiger partial charge in [0.25, 0.3) is 0 Å². The number of carbonyl (C=O) groups excluding carboxylic acids is 1. The highest BCUT2D eigenvalue weighted by atomic mass is 16.5. The van der Waals surface area contributed by atoms with Crippen LogP contribution in [0.5, 0.6) is 17.2 Å². The van der Waals surface area contributed by atoms with Crippen LogP contribution in [0.1, 0.15) is 17.3 Å². The lowest BCUT2D eigenvalue weighted by Crippen LogP contribution is -2.04. The number of nitrogens with one attached hydrogen (secondary N) is 1. The Hall–Kier alpha value is -2.95. The number of methoxy groups -OCH3 is 3. The van der Waals surface area contributed by atoms with E-state index >= 15 is 0 Å². The summed E-state index contributed by atoms with van der Waals surface area (Å²) in [7, 11) is 4.71. The highest BCUT2D eigenvalue weighted by Crippen LogP contribution is 2.25. The van der Waals surface area contributed by atoms with Crippen molar-refractivity contribution in [2.24, 2.45) is 0 Å². The maximum Gasteiger partial charge on any atom is 0.191 e. The number of rotatable bonds is 7. The fourth-order valence-corrected chi connectivity index (χ4v) is 2.22. The Labute approximate surface area is 141 Å². The van der Waals surface area contributed by atoms with E-state index in [1.54, 1.807) is 32.4 Å². The molecule has 1 N–H and O–H groups in total. The zero-order valence-electron chi connectivity index (χ0n) is 14.3. The number of carbonyl (C=O) groups is 1. The molecule has 0 fully saturated rings. The zero-order valence-corrected chi connectivity index (χ0v) is 14.3. The lowest BCUT2D eigenvalue weighted by molar-refractivity contribution is 0.104. The molecule has 0 aliphatic rings. The maximum atomic E-state index is 12.5. The van der Waals surface area contributed by atoms with Crippen molar-refractivity contribution in [3.8, 4) is 17.2 Å². The van der Waals surface area contributed by atoms with Crippen molar-refractivity contribution in [3.05, 3.63) is 59.8 Å². The number of ketones is 1. The Morgan fingerprint density at radius 3 is 2.12 bits per heavy atom. The smallest absolute Gasteiger partial charge is 0.191 e. The average molecular weight is 327 g/mol.